The lowest BCUT2D eigenvalue weighted by molar-refractivity contribution is 0.537. The van der Waals surface area contributed by atoms with E-state index in [9.17, 15) is 4.39 Å². The van der Waals surface area contributed by atoms with E-state index >= 15 is 0 Å². The first-order valence-electron chi connectivity index (χ1n) is 5.70. The molecule has 0 aliphatic carbocycles. The number of benzene rings is 1. The van der Waals surface area contributed by atoms with Crippen LogP contribution >= 0.6 is 28.1 Å². The molecule has 0 bridgehead atoms. The Labute approximate surface area is 122 Å². The number of fused-ring (bicyclic) bond motifs is 1. The molecular formula is C12H10BrFN4S. The number of aromatic nitrogens is 4. The number of aromatic amines is 1. The molecule has 7 heteroatoms. The third-order valence-corrected chi connectivity index (χ3v) is 3.86. The van der Waals surface area contributed by atoms with Crippen molar-refractivity contribution in [2.75, 3.05) is 0 Å². The van der Waals surface area contributed by atoms with Gasteiger partial charge in [-0.05, 0) is 40.3 Å². The Balaban J connectivity index is 2.00. The van der Waals surface area contributed by atoms with Crippen molar-refractivity contribution in [3.05, 3.63) is 45.7 Å². The van der Waals surface area contributed by atoms with Crippen molar-refractivity contribution >= 4 is 39.2 Å². The van der Waals surface area contributed by atoms with Gasteiger partial charge in [0.05, 0.1) is 22.1 Å². The number of hydrogen-bond donors (Lipinski definition) is 1. The highest BCUT2D eigenvalue weighted by molar-refractivity contribution is 9.10. The Morgan fingerprint density at radius 1 is 1.37 bits per heavy atom. The Bertz CT molecular complexity index is 775. The molecule has 0 aliphatic heterocycles. The molecule has 4 nitrogen and oxygen atoms in total. The van der Waals surface area contributed by atoms with Crippen LogP contribution in [0.5, 0.6) is 0 Å². The van der Waals surface area contributed by atoms with Crippen LogP contribution in [0.25, 0.3) is 11.0 Å². The highest BCUT2D eigenvalue weighted by Gasteiger charge is 2.08. The van der Waals surface area contributed by atoms with E-state index in [2.05, 4.69) is 26.0 Å². The summed E-state index contributed by atoms with van der Waals surface area (Å²) in [5, 5.41) is 4.13. The normalized spacial score (nSPS) is 11.3. The summed E-state index contributed by atoms with van der Waals surface area (Å²) in [5.41, 5.74) is 1.58. The third kappa shape index (κ3) is 2.35. The van der Waals surface area contributed by atoms with Crippen LogP contribution in [-0.4, -0.2) is 19.3 Å². The first-order chi connectivity index (χ1) is 9.15. The zero-order valence-corrected chi connectivity index (χ0v) is 12.2. The second-order valence-corrected chi connectivity index (χ2v) is 5.38. The van der Waals surface area contributed by atoms with Gasteiger partial charge in [-0.3, -0.25) is 4.68 Å². The van der Waals surface area contributed by atoms with Crippen molar-refractivity contribution in [2.24, 2.45) is 0 Å². The molecule has 0 atom stereocenters. The molecule has 0 fully saturated rings. The van der Waals surface area contributed by atoms with E-state index < -0.39 is 0 Å². The van der Waals surface area contributed by atoms with Crippen molar-refractivity contribution in [1.82, 2.24) is 19.3 Å². The van der Waals surface area contributed by atoms with Gasteiger partial charge in [0.15, 0.2) is 4.77 Å². The van der Waals surface area contributed by atoms with Crippen LogP contribution in [0.3, 0.4) is 0 Å². The SMILES string of the molecule is Fc1cc2c(cc1Br)[nH]c(=S)n2CCn1cccn1. The zero-order chi connectivity index (χ0) is 13.4. The van der Waals surface area contributed by atoms with Crippen molar-refractivity contribution < 1.29 is 4.39 Å². The van der Waals surface area contributed by atoms with E-state index in [1.807, 2.05) is 21.5 Å². The summed E-state index contributed by atoms with van der Waals surface area (Å²) in [5.74, 6) is -0.297. The van der Waals surface area contributed by atoms with Gasteiger partial charge in [0.1, 0.15) is 5.82 Å². The molecule has 0 radical (unpaired) electrons. The number of rotatable bonds is 3. The number of aryl methyl sites for hydroxylation is 2. The molecule has 19 heavy (non-hydrogen) atoms. The van der Waals surface area contributed by atoms with Crippen molar-refractivity contribution in [3.63, 3.8) is 0 Å². The predicted octanol–water partition coefficient (Wildman–Crippen LogP) is 3.50. The van der Waals surface area contributed by atoms with Crippen LogP contribution in [-0.2, 0) is 13.1 Å². The number of halogens is 2. The fourth-order valence-corrected chi connectivity index (χ4v) is 2.65. The van der Waals surface area contributed by atoms with Crippen LogP contribution in [0.4, 0.5) is 4.39 Å². The molecule has 1 N–H and O–H groups in total. The summed E-state index contributed by atoms with van der Waals surface area (Å²) in [7, 11) is 0. The lowest BCUT2D eigenvalue weighted by atomic mass is 10.3. The molecule has 0 spiro atoms. The Hall–Kier alpha value is -1.47. The van der Waals surface area contributed by atoms with Crippen molar-refractivity contribution in [3.8, 4) is 0 Å². The van der Waals surface area contributed by atoms with Gasteiger partial charge in [0, 0.05) is 25.0 Å². The van der Waals surface area contributed by atoms with Crippen LogP contribution < -0.4 is 0 Å². The molecule has 0 amide bonds. The number of imidazole rings is 1. The van der Waals surface area contributed by atoms with Crippen molar-refractivity contribution in [2.45, 2.75) is 13.1 Å². The molecule has 3 aromatic rings. The minimum atomic E-state index is -0.297. The number of nitrogens with one attached hydrogen (secondary N) is 1. The van der Waals surface area contributed by atoms with E-state index in [4.69, 9.17) is 12.2 Å². The number of hydrogen-bond acceptors (Lipinski definition) is 2. The van der Waals surface area contributed by atoms with Crippen molar-refractivity contribution in [1.29, 1.82) is 0 Å². The highest BCUT2D eigenvalue weighted by atomic mass is 79.9. The van der Waals surface area contributed by atoms with E-state index in [0.29, 0.717) is 22.3 Å². The molecule has 2 aromatic heterocycles. The first-order valence-corrected chi connectivity index (χ1v) is 6.90. The van der Waals surface area contributed by atoms with E-state index in [1.54, 1.807) is 12.3 Å². The Morgan fingerprint density at radius 3 is 2.95 bits per heavy atom. The monoisotopic (exact) mass is 340 g/mol. The standard InChI is InChI=1S/C12H10BrFN4S/c13-8-6-10-11(7-9(8)14)18(12(19)16-10)5-4-17-3-1-2-15-17/h1-3,6-7H,4-5H2,(H,16,19). The average Bonchev–Trinajstić information content (AvgIpc) is 2.96. The molecule has 0 saturated heterocycles. The average molecular weight is 341 g/mol. The lowest BCUT2D eigenvalue weighted by Crippen LogP contribution is -2.07. The maximum absolute atomic E-state index is 13.6. The molecular weight excluding hydrogens is 331 g/mol. The summed E-state index contributed by atoms with van der Waals surface area (Å²) in [4.78, 5) is 3.08. The van der Waals surface area contributed by atoms with Gasteiger partial charge < -0.3 is 9.55 Å². The van der Waals surface area contributed by atoms with Crippen LogP contribution in [0.15, 0.2) is 35.1 Å². The first kappa shape index (κ1) is 12.6. The van der Waals surface area contributed by atoms with E-state index in [0.717, 1.165) is 11.0 Å². The maximum Gasteiger partial charge on any atom is 0.178 e. The summed E-state index contributed by atoms with van der Waals surface area (Å²) in [6, 6.07) is 5.05. The second kappa shape index (κ2) is 4.90. The van der Waals surface area contributed by atoms with E-state index in [-0.39, 0.29) is 5.82 Å². The van der Waals surface area contributed by atoms with Crippen LogP contribution in [0, 0.1) is 10.6 Å². The minimum Gasteiger partial charge on any atom is -0.331 e. The van der Waals surface area contributed by atoms with Gasteiger partial charge in [-0.1, -0.05) is 0 Å². The topological polar surface area (TPSA) is 38.5 Å². The summed E-state index contributed by atoms with van der Waals surface area (Å²) in [6.45, 7) is 1.33. The largest absolute Gasteiger partial charge is 0.331 e. The van der Waals surface area contributed by atoms with Crippen LogP contribution in [0.2, 0.25) is 0 Å². The van der Waals surface area contributed by atoms with Gasteiger partial charge in [0.25, 0.3) is 0 Å². The van der Waals surface area contributed by atoms with Gasteiger partial charge in [0.2, 0.25) is 0 Å². The third-order valence-electron chi connectivity index (χ3n) is 2.93. The summed E-state index contributed by atoms with van der Waals surface area (Å²) < 4.78 is 18.3. The van der Waals surface area contributed by atoms with Gasteiger partial charge in [-0.25, -0.2) is 4.39 Å². The predicted molar refractivity (Wildman–Crippen MR) is 77.0 cm³/mol. The highest BCUT2D eigenvalue weighted by Crippen LogP contribution is 2.23. The smallest absolute Gasteiger partial charge is 0.178 e. The molecule has 0 saturated carbocycles. The molecule has 0 unspecified atom stereocenters. The van der Waals surface area contributed by atoms with Gasteiger partial charge >= 0.3 is 0 Å². The second-order valence-electron chi connectivity index (χ2n) is 4.13. The number of H-pyrrole nitrogens is 1. The Morgan fingerprint density at radius 2 is 2.21 bits per heavy atom. The van der Waals surface area contributed by atoms with Crippen LogP contribution in [0.1, 0.15) is 0 Å². The fourth-order valence-electron chi connectivity index (χ4n) is 2.01. The molecule has 3 rings (SSSR count). The van der Waals surface area contributed by atoms with E-state index in [1.165, 1.54) is 6.07 Å². The molecule has 2 heterocycles. The Kier molecular flexibility index (Phi) is 3.24. The molecule has 98 valence electrons. The quantitative estimate of drug-likeness (QED) is 0.741. The fraction of sp³-hybridized carbons (Fsp3) is 0.167. The molecule has 0 aliphatic rings. The zero-order valence-electron chi connectivity index (χ0n) is 9.81. The van der Waals surface area contributed by atoms with Gasteiger partial charge in [-0.2, -0.15) is 5.10 Å². The molecule has 1 aromatic carbocycles. The van der Waals surface area contributed by atoms with Gasteiger partial charge in [-0.15, -0.1) is 0 Å². The minimum absolute atomic E-state index is 0.297. The summed E-state index contributed by atoms with van der Waals surface area (Å²) in [6.07, 6.45) is 3.61. The number of nitrogens with zero attached hydrogens (tertiary/aromatic N) is 3. The maximum atomic E-state index is 13.6. The lowest BCUT2D eigenvalue weighted by Gasteiger charge is -2.05. The summed E-state index contributed by atoms with van der Waals surface area (Å²) >= 11 is 8.44.